The molecule has 7 nitrogen and oxygen atoms in total. The maximum absolute atomic E-state index is 13.6. The Kier molecular flexibility index (Phi) is 4.63. The van der Waals surface area contributed by atoms with E-state index in [0.717, 1.165) is 22.4 Å². The average Bonchev–Trinajstić information content (AvgIpc) is 3.24. The molecule has 156 valence electrons. The van der Waals surface area contributed by atoms with Crippen LogP contribution in [0.3, 0.4) is 0 Å². The number of anilines is 2. The highest BCUT2D eigenvalue weighted by atomic mass is 19.1. The molecule has 0 saturated carbocycles. The van der Waals surface area contributed by atoms with Crippen molar-refractivity contribution in [2.75, 3.05) is 10.2 Å². The summed E-state index contributed by atoms with van der Waals surface area (Å²) in [5, 5.41) is 14.8. The Labute approximate surface area is 178 Å². The molecule has 1 aliphatic heterocycles. The van der Waals surface area contributed by atoms with Crippen LogP contribution in [0.4, 0.5) is 15.9 Å². The molecule has 2 unspecified atom stereocenters. The number of aliphatic hydroxyl groups is 1. The van der Waals surface area contributed by atoms with Gasteiger partial charge in [0.15, 0.2) is 17.7 Å². The molecule has 0 aliphatic carbocycles. The third-order valence-corrected chi connectivity index (χ3v) is 5.57. The monoisotopic (exact) mass is 416 g/mol. The number of aromatic amines is 1. The van der Waals surface area contributed by atoms with E-state index in [0.29, 0.717) is 22.7 Å². The van der Waals surface area contributed by atoms with Gasteiger partial charge in [0.05, 0.1) is 12.4 Å². The van der Waals surface area contributed by atoms with Crippen LogP contribution in [0.2, 0.25) is 0 Å². The average molecular weight is 416 g/mol. The van der Waals surface area contributed by atoms with E-state index >= 15 is 0 Å². The molecule has 2 atom stereocenters. The van der Waals surface area contributed by atoms with E-state index in [4.69, 9.17) is 0 Å². The molecule has 0 saturated heterocycles. The van der Waals surface area contributed by atoms with Crippen molar-refractivity contribution in [2.24, 2.45) is 0 Å². The molecule has 5 rings (SSSR count). The Morgan fingerprint density at radius 3 is 2.74 bits per heavy atom. The minimum atomic E-state index is -0.913. The SMILES string of the molecule is Cc1cccc2c1C(O)N(c1ccc(F)cc1)C(C(C)Nc1ncnc3nc[nH]c13)=C2. The van der Waals surface area contributed by atoms with Crippen molar-refractivity contribution in [3.8, 4) is 0 Å². The predicted octanol–water partition coefficient (Wildman–Crippen LogP) is 4.15. The smallest absolute Gasteiger partial charge is 0.182 e. The number of fused-ring (bicyclic) bond motifs is 2. The molecule has 2 aromatic carbocycles. The third-order valence-electron chi connectivity index (χ3n) is 5.57. The number of nitrogens with zero attached hydrogens (tertiary/aromatic N) is 4. The van der Waals surface area contributed by atoms with Gasteiger partial charge in [-0.25, -0.2) is 19.3 Å². The van der Waals surface area contributed by atoms with E-state index < -0.39 is 6.23 Å². The summed E-state index contributed by atoms with van der Waals surface area (Å²) in [5.41, 5.74) is 5.56. The van der Waals surface area contributed by atoms with Crippen LogP contribution in [0.25, 0.3) is 17.2 Å². The first-order valence-corrected chi connectivity index (χ1v) is 9.97. The van der Waals surface area contributed by atoms with Crippen LogP contribution >= 0.6 is 0 Å². The van der Waals surface area contributed by atoms with Crippen molar-refractivity contribution in [1.29, 1.82) is 0 Å². The van der Waals surface area contributed by atoms with Gasteiger partial charge in [-0.05, 0) is 55.3 Å². The van der Waals surface area contributed by atoms with Gasteiger partial charge < -0.3 is 20.3 Å². The van der Waals surface area contributed by atoms with Crippen LogP contribution in [0.15, 0.2) is 60.8 Å². The number of H-pyrrole nitrogens is 1. The summed E-state index contributed by atoms with van der Waals surface area (Å²) in [4.78, 5) is 17.5. The number of rotatable bonds is 4. The third kappa shape index (κ3) is 3.30. The lowest BCUT2D eigenvalue weighted by Gasteiger charge is -2.39. The highest BCUT2D eigenvalue weighted by Gasteiger charge is 2.32. The molecule has 0 bridgehead atoms. The number of aliphatic hydroxyl groups excluding tert-OH is 1. The fraction of sp³-hybridized carbons (Fsp3) is 0.174. The van der Waals surface area contributed by atoms with Gasteiger partial charge in [0.25, 0.3) is 0 Å². The number of imidazole rings is 1. The number of hydrogen-bond acceptors (Lipinski definition) is 6. The zero-order valence-corrected chi connectivity index (χ0v) is 17.0. The Morgan fingerprint density at radius 1 is 1.13 bits per heavy atom. The molecule has 31 heavy (non-hydrogen) atoms. The Balaban J connectivity index is 1.60. The van der Waals surface area contributed by atoms with Gasteiger partial charge in [-0.2, -0.15) is 0 Å². The highest BCUT2D eigenvalue weighted by Crippen LogP contribution is 2.39. The number of aromatic nitrogens is 4. The second-order valence-corrected chi connectivity index (χ2v) is 7.56. The second kappa shape index (κ2) is 7.48. The molecule has 1 aliphatic rings. The van der Waals surface area contributed by atoms with Crippen molar-refractivity contribution in [2.45, 2.75) is 26.1 Å². The molecule has 3 heterocycles. The summed E-state index contributed by atoms with van der Waals surface area (Å²) in [7, 11) is 0. The van der Waals surface area contributed by atoms with Crippen molar-refractivity contribution in [3.63, 3.8) is 0 Å². The fourth-order valence-electron chi connectivity index (χ4n) is 4.06. The second-order valence-electron chi connectivity index (χ2n) is 7.56. The van der Waals surface area contributed by atoms with Crippen LogP contribution in [0, 0.1) is 12.7 Å². The fourth-order valence-corrected chi connectivity index (χ4v) is 4.06. The molecule has 4 aromatic rings. The molecule has 0 spiro atoms. The van der Waals surface area contributed by atoms with E-state index in [1.807, 2.05) is 43.0 Å². The van der Waals surface area contributed by atoms with Gasteiger partial charge >= 0.3 is 0 Å². The zero-order valence-electron chi connectivity index (χ0n) is 17.0. The summed E-state index contributed by atoms with van der Waals surface area (Å²) in [6.45, 7) is 3.96. The first-order valence-electron chi connectivity index (χ1n) is 9.97. The summed E-state index contributed by atoms with van der Waals surface area (Å²) in [6, 6.07) is 11.8. The maximum Gasteiger partial charge on any atom is 0.182 e. The summed E-state index contributed by atoms with van der Waals surface area (Å²) >= 11 is 0. The van der Waals surface area contributed by atoms with Crippen molar-refractivity contribution in [3.05, 3.63) is 83.3 Å². The lowest BCUT2D eigenvalue weighted by molar-refractivity contribution is 0.176. The minimum absolute atomic E-state index is 0.241. The van der Waals surface area contributed by atoms with Gasteiger partial charge in [0, 0.05) is 16.9 Å². The van der Waals surface area contributed by atoms with Crippen molar-refractivity contribution in [1.82, 2.24) is 19.9 Å². The standard InChI is InChI=1S/C23H21FN6O/c1-13-4-3-5-15-10-18(14(2)29-22-20-21(26-11-25-20)27-12-28-22)30(23(31)19(13)15)17-8-6-16(24)7-9-17/h3-12,14,23,31H,1-2H3,(H2,25,26,27,28,29). The summed E-state index contributed by atoms with van der Waals surface area (Å²) < 4.78 is 13.6. The van der Waals surface area contributed by atoms with Crippen molar-refractivity contribution >= 4 is 28.7 Å². The molecule has 3 N–H and O–H groups in total. The molecule has 0 amide bonds. The number of halogens is 1. The highest BCUT2D eigenvalue weighted by molar-refractivity contribution is 5.83. The minimum Gasteiger partial charge on any atom is -0.369 e. The van der Waals surface area contributed by atoms with Crippen LogP contribution in [-0.4, -0.2) is 31.1 Å². The quantitative estimate of drug-likeness (QED) is 0.463. The molecule has 0 fully saturated rings. The van der Waals surface area contributed by atoms with Crippen molar-refractivity contribution < 1.29 is 9.50 Å². The Morgan fingerprint density at radius 2 is 1.94 bits per heavy atom. The van der Waals surface area contributed by atoms with Gasteiger partial charge in [-0.3, -0.25) is 0 Å². The van der Waals surface area contributed by atoms with E-state index in [-0.39, 0.29) is 11.9 Å². The Hall–Kier alpha value is -3.78. The lowest BCUT2D eigenvalue weighted by Crippen LogP contribution is -2.38. The number of benzene rings is 2. The largest absolute Gasteiger partial charge is 0.369 e. The number of hydrogen-bond donors (Lipinski definition) is 3. The lowest BCUT2D eigenvalue weighted by atomic mass is 9.93. The number of nitrogens with one attached hydrogen (secondary N) is 2. The normalized spacial score (nSPS) is 16.7. The first kappa shape index (κ1) is 19.2. The van der Waals surface area contributed by atoms with Crippen LogP contribution in [0.1, 0.15) is 29.8 Å². The zero-order chi connectivity index (χ0) is 21.5. The maximum atomic E-state index is 13.6. The van der Waals surface area contributed by atoms with Gasteiger partial charge in [-0.1, -0.05) is 18.2 Å². The number of aryl methyl sites for hydroxylation is 1. The molecular weight excluding hydrogens is 395 g/mol. The van der Waals surface area contributed by atoms with Gasteiger partial charge in [0.2, 0.25) is 0 Å². The van der Waals surface area contributed by atoms with E-state index in [2.05, 4.69) is 25.3 Å². The van der Waals surface area contributed by atoms with Gasteiger partial charge in [-0.15, -0.1) is 0 Å². The van der Waals surface area contributed by atoms with E-state index in [9.17, 15) is 9.50 Å². The molecular formula is C23H21FN6O. The first-order chi connectivity index (χ1) is 15.0. The molecule has 8 heteroatoms. The molecule has 2 aromatic heterocycles. The van der Waals surface area contributed by atoms with E-state index in [1.54, 1.807) is 18.5 Å². The van der Waals surface area contributed by atoms with Crippen LogP contribution < -0.4 is 10.2 Å². The Bertz CT molecular complexity index is 1280. The predicted molar refractivity (Wildman–Crippen MR) is 118 cm³/mol. The van der Waals surface area contributed by atoms with Gasteiger partial charge in [0.1, 0.15) is 17.7 Å². The van der Waals surface area contributed by atoms with Crippen LogP contribution in [0.5, 0.6) is 0 Å². The summed E-state index contributed by atoms with van der Waals surface area (Å²) in [6.07, 6.45) is 4.16. The molecule has 0 radical (unpaired) electrons. The topological polar surface area (TPSA) is 90.0 Å². The van der Waals surface area contributed by atoms with Crippen LogP contribution in [-0.2, 0) is 0 Å². The summed E-state index contributed by atoms with van der Waals surface area (Å²) in [5.74, 6) is 0.283. The van der Waals surface area contributed by atoms with E-state index in [1.165, 1.54) is 18.5 Å².